The Balaban J connectivity index is 2.17. The Hall–Kier alpha value is -4.29. The van der Waals surface area contributed by atoms with Crippen molar-refractivity contribution in [2.45, 2.75) is 45.6 Å². The number of carbonyl (C=O) groups excluding carboxylic acids is 2. The van der Waals surface area contributed by atoms with Crippen LogP contribution in [0.4, 0.5) is 4.39 Å². The van der Waals surface area contributed by atoms with Gasteiger partial charge in [-0.15, -0.1) is 0 Å². The molecule has 0 saturated carbocycles. The van der Waals surface area contributed by atoms with Gasteiger partial charge in [-0.25, -0.2) is 13.9 Å². The Morgan fingerprint density at radius 3 is 2.67 bits per heavy atom. The molecule has 0 aliphatic heterocycles. The number of amides is 2. The summed E-state index contributed by atoms with van der Waals surface area (Å²) in [7, 11) is 5.01. The van der Waals surface area contributed by atoms with E-state index in [-0.39, 0.29) is 30.2 Å². The summed E-state index contributed by atoms with van der Waals surface area (Å²) in [6.07, 6.45) is 7.10. The van der Waals surface area contributed by atoms with Gasteiger partial charge in [0.05, 0.1) is 31.1 Å². The van der Waals surface area contributed by atoms with Gasteiger partial charge in [0.1, 0.15) is 11.3 Å². The molecule has 3 N–H and O–H groups in total. The molecule has 2 atom stereocenters. The fraction of sp³-hybridized carbons (Fsp3) is 0.400. The van der Waals surface area contributed by atoms with Crippen LogP contribution in [0, 0.1) is 0 Å². The second kappa shape index (κ2) is 15.1. The minimum Gasteiger partial charge on any atom is -0.460 e. The van der Waals surface area contributed by atoms with Gasteiger partial charge in [-0.1, -0.05) is 25.5 Å². The molecule has 0 saturated heterocycles. The Morgan fingerprint density at radius 2 is 2.00 bits per heavy atom. The topological polar surface area (TPSA) is 133 Å². The van der Waals surface area contributed by atoms with Crippen molar-refractivity contribution in [2.24, 2.45) is 0 Å². The highest BCUT2D eigenvalue weighted by atomic mass is 19.1. The van der Waals surface area contributed by atoms with E-state index in [1.54, 1.807) is 68.9 Å². The Bertz CT molecular complexity index is 1430. The van der Waals surface area contributed by atoms with E-state index in [0.29, 0.717) is 34.5 Å². The maximum Gasteiger partial charge on any atom is 0.261 e. The summed E-state index contributed by atoms with van der Waals surface area (Å²) >= 11 is 0. The monoisotopic (exact) mass is 582 g/mol. The molecule has 2 heterocycles. The zero-order valence-electron chi connectivity index (χ0n) is 24.6. The number of aliphatic hydroxyl groups is 2. The van der Waals surface area contributed by atoms with E-state index >= 15 is 0 Å². The molecular formula is C30H39FN6O5. The largest absolute Gasteiger partial charge is 0.460 e. The maximum absolute atomic E-state index is 14.2. The second-order valence-electron chi connectivity index (χ2n) is 10.1. The van der Waals surface area contributed by atoms with E-state index in [0.717, 1.165) is 6.42 Å². The number of halogens is 1. The number of ether oxygens (including phenoxy) is 1. The van der Waals surface area contributed by atoms with Crippen molar-refractivity contribution in [1.29, 1.82) is 0 Å². The highest BCUT2D eigenvalue weighted by Gasteiger charge is 2.22. The Kier molecular flexibility index (Phi) is 11.6. The van der Waals surface area contributed by atoms with E-state index in [4.69, 9.17) is 4.74 Å². The van der Waals surface area contributed by atoms with Gasteiger partial charge in [0.25, 0.3) is 5.91 Å². The smallest absolute Gasteiger partial charge is 0.261 e. The average molecular weight is 583 g/mol. The van der Waals surface area contributed by atoms with Gasteiger partial charge in [-0.05, 0) is 30.2 Å². The van der Waals surface area contributed by atoms with Crippen LogP contribution in [-0.4, -0.2) is 93.2 Å². The predicted octanol–water partition coefficient (Wildman–Crippen LogP) is 2.79. The summed E-state index contributed by atoms with van der Waals surface area (Å²) in [4.78, 5) is 33.5. The molecule has 0 bridgehead atoms. The number of nitrogens with zero attached hydrogens (tertiary/aromatic N) is 5. The van der Waals surface area contributed by atoms with Crippen LogP contribution < -0.4 is 10.1 Å². The van der Waals surface area contributed by atoms with Crippen LogP contribution in [0.25, 0.3) is 11.2 Å². The molecule has 42 heavy (non-hydrogen) atoms. The number of aromatic nitrogens is 3. The van der Waals surface area contributed by atoms with Crippen LogP contribution in [0.5, 0.6) is 5.75 Å². The van der Waals surface area contributed by atoms with Crippen molar-refractivity contribution in [3.8, 4) is 5.75 Å². The number of fused-ring (bicyclic) bond motifs is 1. The number of hydrogen-bond donors (Lipinski definition) is 3. The summed E-state index contributed by atoms with van der Waals surface area (Å²) in [5.41, 5.74) is 2.58. The number of likely N-dealkylation sites (N-methyl/N-ethyl adjacent to an activating group) is 2. The van der Waals surface area contributed by atoms with E-state index in [1.165, 1.54) is 22.5 Å². The van der Waals surface area contributed by atoms with Crippen LogP contribution in [-0.2, 0) is 11.2 Å². The summed E-state index contributed by atoms with van der Waals surface area (Å²) in [6.45, 7) is 2.87. The SMILES string of the molecule is CCC/C=C(/C(=C\N(C)CC(=O)N(C)C)NC(=O)c1cnn2cccnc12)c1cc(CC(O)CO)ccc1OC(C)F. The van der Waals surface area contributed by atoms with Crippen molar-refractivity contribution in [1.82, 2.24) is 29.7 Å². The minimum absolute atomic E-state index is 0.0271. The first-order valence-electron chi connectivity index (χ1n) is 13.7. The number of benzene rings is 1. The van der Waals surface area contributed by atoms with E-state index in [9.17, 15) is 24.2 Å². The summed E-state index contributed by atoms with van der Waals surface area (Å²) in [5, 5.41) is 26.6. The lowest BCUT2D eigenvalue weighted by Crippen LogP contribution is -2.33. The van der Waals surface area contributed by atoms with Crippen molar-refractivity contribution in [3.05, 3.63) is 77.5 Å². The third-order valence-corrected chi connectivity index (χ3v) is 6.24. The number of allylic oxidation sites excluding steroid dienone is 2. The molecule has 0 aliphatic rings. The van der Waals surface area contributed by atoms with Crippen molar-refractivity contribution < 1.29 is 28.9 Å². The highest BCUT2D eigenvalue weighted by molar-refractivity contribution is 6.02. The van der Waals surface area contributed by atoms with Crippen LogP contribution >= 0.6 is 0 Å². The molecule has 2 unspecified atom stereocenters. The third-order valence-electron chi connectivity index (χ3n) is 6.24. The standard InChI is InChI=1S/C30H39FN6O5/c1-6-7-9-23(24-15-21(14-22(39)19-38)10-11-27(24)42-20(2)31)26(17-36(5)18-28(40)35(3)4)34-30(41)25-16-33-37-13-8-12-32-29(25)37/h8-13,15-17,20,22,38-39H,6-7,14,18-19H2,1-5H3,(H,34,41)/b23-9+,26-17+. The molecular weight excluding hydrogens is 543 g/mol. The second-order valence-corrected chi connectivity index (χ2v) is 10.1. The van der Waals surface area contributed by atoms with Gasteiger partial charge >= 0.3 is 0 Å². The van der Waals surface area contributed by atoms with Gasteiger partial charge in [-0.3, -0.25) is 9.59 Å². The zero-order chi connectivity index (χ0) is 30.8. The first-order valence-corrected chi connectivity index (χ1v) is 13.7. The van der Waals surface area contributed by atoms with Crippen LogP contribution in [0.1, 0.15) is 48.2 Å². The molecule has 11 nitrogen and oxygen atoms in total. The highest BCUT2D eigenvalue weighted by Crippen LogP contribution is 2.34. The quantitative estimate of drug-likeness (QED) is 0.247. The first kappa shape index (κ1) is 32.2. The van der Waals surface area contributed by atoms with Crippen molar-refractivity contribution >= 4 is 23.0 Å². The number of rotatable bonds is 14. The number of nitrogens with one attached hydrogen (secondary N) is 1. The molecule has 2 aromatic heterocycles. The molecule has 0 spiro atoms. The number of alkyl halides is 1. The van der Waals surface area contributed by atoms with Gasteiger partial charge in [0, 0.05) is 64.2 Å². The number of unbranched alkanes of at least 4 members (excludes halogenated alkanes) is 1. The number of aliphatic hydroxyl groups excluding tert-OH is 2. The number of carbonyl (C=O) groups is 2. The summed E-state index contributed by atoms with van der Waals surface area (Å²) in [6, 6.07) is 6.72. The van der Waals surface area contributed by atoms with Crippen LogP contribution in [0.3, 0.4) is 0 Å². The first-order chi connectivity index (χ1) is 20.0. The molecule has 2 amide bonds. The van der Waals surface area contributed by atoms with E-state index in [2.05, 4.69) is 15.4 Å². The number of hydrogen-bond acceptors (Lipinski definition) is 8. The Labute approximate surface area is 244 Å². The lowest BCUT2D eigenvalue weighted by Gasteiger charge is -2.23. The van der Waals surface area contributed by atoms with Gasteiger partial charge in [-0.2, -0.15) is 5.10 Å². The fourth-order valence-corrected chi connectivity index (χ4v) is 4.15. The van der Waals surface area contributed by atoms with Gasteiger partial charge in [0.15, 0.2) is 5.65 Å². The minimum atomic E-state index is -1.63. The van der Waals surface area contributed by atoms with Gasteiger partial charge < -0.3 is 30.1 Å². The summed E-state index contributed by atoms with van der Waals surface area (Å²) < 4.78 is 21.2. The third kappa shape index (κ3) is 8.60. The van der Waals surface area contributed by atoms with Crippen molar-refractivity contribution in [3.63, 3.8) is 0 Å². The molecule has 1 aromatic carbocycles. The average Bonchev–Trinajstić information content (AvgIpc) is 3.38. The molecule has 0 aliphatic carbocycles. The normalized spacial score (nSPS) is 13.5. The van der Waals surface area contributed by atoms with E-state index < -0.39 is 25.0 Å². The lowest BCUT2D eigenvalue weighted by atomic mass is 9.95. The fourth-order valence-electron chi connectivity index (χ4n) is 4.15. The predicted molar refractivity (Wildman–Crippen MR) is 157 cm³/mol. The maximum atomic E-state index is 14.2. The Morgan fingerprint density at radius 1 is 1.24 bits per heavy atom. The molecule has 226 valence electrons. The van der Waals surface area contributed by atoms with Gasteiger partial charge in [0.2, 0.25) is 12.3 Å². The molecule has 12 heteroatoms. The molecule has 0 fully saturated rings. The van der Waals surface area contributed by atoms with Crippen LogP contribution in [0.2, 0.25) is 0 Å². The molecule has 3 aromatic rings. The zero-order valence-corrected chi connectivity index (χ0v) is 24.6. The van der Waals surface area contributed by atoms with E-state index in [1.807, 2.05) is 13.0 Å². The molecule has 3 rings (SSSR count). The van der Waals surface area contributed by atoms with Crippen molar-refractivity contribution in [2.75, 3.05) is 34.3 Å². The van der Waals surface area contributed by atoms with Crippen LogP contribution in [0.15, 0.2) is 60.8 Å². The summed E-state index contributed by atoms with van der Waals surface area (Å²) in [5.74, 6) is -0.419. The molecule has 0 radical (unpaired) electrons. The lowest BCUT2D eigenvalue weighted by molar-refractivity contribution is -0.129.